The van der Waals surface area contributed by atoms with Crippen LogP contribution >= 0.6 is 0 Å². The van der Waals surface area contributed by atoms with Crippen LogP contribution in [0.4, 0.5) is 10.2 Å². The molecule has 1 N–H and O–H groups in total. The van der Waals surface area contributed by atoms with Crippen molar-refractivity contribution in [2.24, 2.45) is 0 Å². The Morgan fingerprint density at radius 1 is 1.22 bits per heavy atom. The molecule has 0 fully saturated rings. The molecular weight excluding hydrogens is 295 g/mol. The third kappa shape index (κ3) is 2.77. The van der Waals surface area contributed by atoms with E-state index in [9.17, 15) is 9.50 Å². The van der Waals surface area contributed by atoms with E-state index in [2.05, 4.69) is 10.1 Å². The van der Waals surface area contributed by atoms with Crippen molar-refractivity contribution in [3.8, 4) is 11.1 Å². The van der Waals surface area contributed by atoms with Gasteiger partial charge in [0.25, 0.3) is 0 Å². The highest BCUT2D eigenvalue weighted by atomic mass is 19.1. The first-order chi connectivity index (χ1) is 11.0. The van der Waals surface area contributed by atoms with Gasteiger partial charge < -0.3 is 10.0 Å². The van der Waals surface area contributed by atoms with Gasteiger partial charge in [-0.25, -0.2) is 9.37 Å². The average Bonchev–Trinajstić information content (AvgIpc) is 2.83. The summed E-state index contributed by atoms with van der Waals surface area (Å²) in [4.78, 5) is 6.55. The van der Waals surface area contributed by atoms with Crippen LogP contribution in [0.2, 0.25) is 0 Å². The van der Waals surface area contributed by atoms with Gasteiger partial charge in [-0.05, 0) is 31.5 Å². The first-order valence-electron chi connectivity index (χ1n) is 7.46. The van der Waals surface area contributed by atoms with E-state index in [1.165, 1.54) is 12.1 Å². The van der Waals surface area contributed by atoms with Crippen molar-refractivity contribution >= 4 is 11.5 Å². The number of benzene rings is 1. The second kappa shape index (κ2) is 5.96. The molecule has 3 aromatic rings. The Balaban J connectivity index is 2.24. The number of halogens is 1. The predicted molar refractivity (Wildman–Crippen MR) is 88.2 cm³/mol. The number of hydrogen-bond acceptors (Lipinski definition) is 4. The number of nitrogens with zero attached hydrogens (tertiary/aromatic N) is 4. The Morgan fingerprint density at radius 2 is 1.91 bits per heavy atom. The third-order valence-corrected chi connectivity index (χ3v) is 3.83. The van der Waals surface area contributed by atoms with Crippen molar-refractivity contribution < 1.29 is 9.50 Å². The van der Waals surface area contributed by atoms with Crippen LogP contribution in [-0.4, -0.2) is 39.9 Å². The molecule has 23 heavy (non-hydrogen) atoms. The number of fused-ring (bicyclic) bond motifs is 1. The smallest absolute Gasteiger partial charge is 0.165 e. The quantitative estimate of drug-likeness (QED) is 0.804. The highest BCUT2D eigenvalue weighted by Crippen LogP contribution is 2.30. The van der Waals surface area contributed by atoms with E-state index in [-0.39, 0.29) is 12.4 Å². The van der Waals surface area contributed by atoms with Crippen molar-refractivity contribution in [1.82, 2.24) is 14.6 Å². The summed E-state index contributed by atoms with van der Waals surface area (Å²) in [7, 11) is 1.90. The fourth-order valence-corrected chi connectivity index (χ4v) is 2.72. The van der Waals surface area contributed by atoms with E-state index in [1.807, 2.05) is 31.9 Å². The number of aliphatic hydroxyl groups is 1. The van der Waals surface area contributed by atoms with E-state index >= 15 is 0 Å². The van der Waals surface area contributed by atoms with E-state index in [4.69, 9.17) is 0 Å². The van der Waals surface area contributed by atoms with Gasteiger partial charge in [0.05, 0.1) is 12.3 Å². The largest absolute Gasteiger partial charge is 0.395 e. The maximum Gasteiger partial charge on any atom is 0.165 e. The number of anilines is 1. The first kappa shape index (κ1) is 15.4. The van der Waals surface area contributed by atoms with Crippen molar-refractivity contribution in [2.75, 3.05) is 25.1 Å². The van der Waals surface area contributed by atoms with E-state index in [0.29, 0.717) is 6.54 Å². The number of aliphatic hydroxyl groups excluding tert-OH is 1. The third-order valence-electron chi connectivity index (χ3n) is 3.83. The average molecular weight is 314 g/mol. The first-order valence-corrected chi connectivity index (χ1v) is 7.46. The maximum atomic E-state index is 13.2. The second-order valence-corrected chi connectivity index (χ2v) is 5.60. The standard InChI is InChI=1S/C17H19FN4O/c1-11-10-15(21(3)8-9-23)22-17(19-11)16(12(2)20-22)13-4-6-14(18)7-5-13/h4-7,10,23H,8-9H2,1-3H3. The summed E-state index contributed by atoms with van der Waals surface area (Å²) < 4.78 is 15.0. The Labute approximate surface area is 134 Å². The van der Waals surface area contributed by atoms with Crippen LogP contribution in [0.5, 0.6) is 0 Å². The lowest BCUT2D eigenvalue weighted by molar-refractivity contribution is 0.303. The molecule has 1 aromatic carbocycles. The van der Waals surface area contributed by atoms with E-state index < -0.39 is 0 Å². The zero-order valence-electron chi connectivity index (χ0n) is 13.4. The fraction of sp³-hybridized carbons (Fsp3) is 0.294. The molecule has 0 spiro atoms. The highest BCUT2D eigenvalue weighted by Gasteiger charge is 2.17. The number of aryl methyl sites for hydroxylation is 2. The summed E-state index contributed by atoms with van der Waals surface area (Å²) in [5.74, 6) is 0.591. The van der Waals surface area contributed by atoms with Crippen LogP contribution < -0.4 is 4.90 Å². The van der Waals surface area contributed by atoms with E-state index in [0.717, 1.165) is 34.0 Å². The van der Waals surface area contributed by atoms with Gasteiger partial charge in [-0.15, -0.1) is 0 Å². The minimum atomic E-state index is -0.268. The molecule has 120 valence electrons. The van der Waals surface area contributed by atoms with Crippen LogP contribution in [0, 0.1) is 19.7 Å². The molecule has 0 aliphatic rings. The summed E-state index contributed by atoms with van der Waals surface area (Å²) >= 11 is 0. The summed E-state index contributed by atoms with van der Waals surface area (Å²) in [6, 6.07) is 8.28. The normalized spacial score (nSPS) is 11.2. The molecule has 6 heteroatoms. The number of aromatic nitrogens is 3. The van der Waals surface area contributed by atoms with Crippen molar-refractivity contribution in [1.29, 1.82) is 0 Å². The Morgan fingerprint density at radius 3 is 2.57 bits per heavy atom. The molecule has 0 radical (unpaired) electrons. The molecule has 2 heterocycles. The number of hydrogen-bond donors (Lipinski definition) is 1. The molecule has 2 aromatic heterocycles. The van der Waals surface area contributed by atoms with Crippen LogP contribution in [0.3, 0.4) is 0 Å². The molecule has 0 unspecified atom stereocenters. The molecule has 0 saturated heterocycles. The minimum absolute atomic E-state index is 0.0600. The van der Waals surface area contributed by atoms with Gasteiger partial charge in [0.2, 0.25) is 0 Å². The molecule has 0 aliphatic heterocycles. The van der Waals surface area contributed by atoms with Crippen LogP contribution in [0.1, 0.15) is 11.4 Å². The Kier molecular flexibility index (Phi) is 4.00. The van der Waals surface area contributed by atoms with Crippen molar-refractivity contribution in [3.05, 3.63) is 47.5 Å². The zero-order chi connectivity index (χ0) is 16.6. The summed E-state index contributed by atoms with van der Waals surface area (Å²) in [6.07, 6.45) is 0. The van der Waals surface area contributed by atoms with Gasteiger partial charge in [-0.2, -0.15) is 9.61 Å². The SMILES string of the molecule is Cc1cc(N(C)CCO)n2nc(C)c(-c3ccc(F)cc3)c2n1. The molecule has 0 bridgehead atoms. The topological polar surface area (TPSA) is 53.7 Å². The highest BCUT2D eigenvalue weighted by molar-refractivity contribution is 5.81. The van der Waals surface area contributed by atoms with Gasteiger partial charge in [0, 0.05) is 30.9 Å². The fourth-order valence-electron chi connectivity index (χ4n) is 2.72. The second-order valence-electron chi connectivity index (χ2n) is 5.60. The molecule has 3 rings (SSSR count). The lowest BCUT2D eigenvalue weighted by Gasteiger charge is -2.19. The lowest BCUT2D eigenvalue weighted by Crippen LogP contribution is -2.24. The molecule has 0 amide bonds. The minimum Gasteiger partial charge on any atom is -0.395 e. The zero-order valence-corrected chi connectivity index (χ0v) is 13.4. The molecule has 0 aliphatic carbocycles. The lowest BCUT2D eigenvalue weighted by atomic mass is 10.1. The summed E-state index contributed by atoms with van der Waals surface area (Å²) in [5, 5.41) is 13.8. The monoisotopic (exact) mass is 314 g/mol. The Hall–Kier alpha value is -2.47. The molecule has 0 atom stereocenters. The predicted octanol–water partition coefficient (Wildman–Crippen LogP) is 2.58. The molecular formula is C17H19FN4O. The maximum absolute atomic E-state index is 13.2. The van der Waals surface area contributed by atoms with Crippen molar-refractivity contribution in [3.63, 3.8) is 0 Å². The van der Waals surface area contributed by atoms with Crippen LogP contribution in [0.25, 0.3) is 16.8 Å². The van der Waals surface area contributed by atoms with Gasteiger partial charge in [0.1, 0.15) is 11.6 Å². The summed E-state index contributed by atoms with van der Waals surface area (Å²) in [5.41, 5.74) is 4.20. The van der Waals surface area contributed by atoms with Gasteiger partial charge >= 0.3 is 0 Å². The molecule has 5 nitrogen and oxygen atoms in total. The van der Waals surface area contributed by atoms with E-state index in [1.54, 1.807) is 16.6 Å². The van der Waals surface area contributed by atoms with Gasteiger partial charge in [0.15, 0.2) is 5.65 Å². The number of rotatable bonds is 4. The van der Waals surface area contributed by atoms with Crippen molar-refractivity contribution in [2.45, 2.75) is 13.8 Å². The molecule has 0 saturated carbocycles. The van der Waals surface area contributed by atoms with Crippen LogP contribution in [0.15, 0.2) is 30.3 Å². The van der Waals surface area contributed by atoms with Crippen LogP contribution in [-0.2, 0) is 0 Å². The Bertz CT molecular complexity index is 842. The summed E-state index contributed by atoms with van der Waals surface area (Å²) in [6.45, 7) is 4.40. The van der Waals surface area contributed by atoms with Gasteiger partial charge in [-0.3, -0.25) is 0 Å². The van der Waals surface area contributed by atoms with Gasteiger partial charge in [-0.1, -0.05) is 12.1 Å². The number of likely N-dealkylation sites (N-methyl/N-ethyl adjacent to an activating group) is 1.